The third kappa shape index (κ3) is 3.28. The third-order valence-electron chi connectivity index (χ3n) is 1.84. The fraction of sp³-hybridized carbons (Fsp3) is 0.222. The molecule has 0 radical (unpaired) electrons. The van der Waals surface area contributed by atoms with Crippen molar-refractivity contribution in [3.8, 4) is 5.75 Å². The quantitative estimate of drug-likeness (QED) is 0.583. The van der Waals surface area contributed by atoms with Crippen LogP contribution in [0.15, 0.2) is 12.1 Å². The average molecular weight is 260 g/mol. The number of anilines is 1. The number of hydrogen-bond donors (Lipinski definition) is 2. The Balaban J connectivity index is 2.99. The van der Waals surface area contributed by atoms with Crippen LogP contribution in [0, 0.1) is 15.9 Å². The molecule has 0 aliphatic carbocycles. The van der Waals surface area contributed by atoms with Gasteiger partial charge in [-0.15, -0.1) is 0 Å². The van der Waals surface area contributed by atoms with Crippen LogP contribution in [0.5, 0.6) is 5.75 Å². The van der Waals surface area contributed by atoms with E-state index in [0.29, 0.717) is 6.07 Å². The predicted octanol–water partition coefficient (Wildman–Crippen LogP) is 1.17. The van der Waals surface area contributed by atoms with E-state index in [0.717, 1.165) is 6.07 Å². The van der Waals surface area contributed by atoms with Gasteiger partial charge < -0.3 is 9.84 Å². The van der Waals surface area contributed by atoms with Crippen molar-refractivity contribution in [1.82, 2.24) is 0 Å². The molecule has 0 unspecified atom stereocenters. The number of ether oxygens (including phenoxy) is 1. The van der Waals surface area contributed by atoms with Gasteiger partial charge in [-0.2, -0.15) is 0 Å². The molecule has 1 aromatic rings. The van der Waals surface area contributed by atoms with E-state index in [4.69, 9.17) is 5.11 Å². The highest BCUT2D eigenvalue weighted by molar-refractivity contribution is 5.68. The van der Waals surface area contributed by atoms with Crippen LogP contribution in [0.2, 0.25) is 0 Å². The third-order valence-corrected chi connectivity index (χ3v) is 1.84. The number of aliphatic carboxylic acids is 1. The number of nitrogens with zero attached hydrogens (tertiary/aromatic N) is 1. The largest absolute Gasteiger partial charge is 0.494 e. The van der Waals surface area contributed by atoms with Crippen molar-refractivity contribution in [3.05, 3.63) is 28.1 Å². The number of carbonyl (C=O) groups is 1. The molecule has 1 aromatic carbocycles. The van der Waals surface area contributed by atoms with E-state index in [1.165, 1.54) is 7.11 Å². The summed E-state index contributed by atoms with van der Waals surface area (Å²) < 4.78 is 17.9. The van der Waals surface area contributed by atoms with E-state index in [-0.39, 0.29) is 11.4 Å². The second-order valence-corrected chi connectivity index (χ2v) is 3.05. The minimum Gasteiger partial charge on any atom is -0.494 e. The Bertz CT molecular complexity index is 478. The zero-order valence-corrected chi connectivity index (χ0v) is 9.18. The van der Waals surface area contributed by atoms with Gasteiger partial charge >= 0.3 is 5.97 Å². The smallest absolute Gasteiger partial charge is 0.332 e. The molecule has 0 bridgehead atoms. The fourth-order valence-corrected chi connectivity index (χ4v) is 1.11. The second-order valence-electron chi connectivity index (χ2n) is 3.05. The van der Waals surface area contributed by atoms with Crippen LogP contribution < -0.4 is 10.2 Å². The Labute approximate surface area is 100 Å². The number of benzene rings is 1. The predicted molar refractivity (Wildman–Crippen MR) is 56.8 cm³/mol. The molecule has 98 valence electrons. The van der Waals surface area contributed by atoms with Crippen LogP contribution in [0.4, 0.5) is 15.8 Å². The number of carboxylic acids is 1. The second kappa shape index (κ2) is 5.77. The topological polar surface area (TPSA) is 111 Å². The van der Waals surface area contributed by atoms with E-state index >= 15 is 0 Å². The molecular formula is C9H9FN2O6. The number of halogens is 1. The summed E-state index contributed by atoms with van der Waals surface area (Å²) >= 11 is 0. The van der Waals surface area contributed by atoms with E-state index in [1.807, 2.05) is 0 Å². The number of methoxy groups -OCH3 is 1. The van der Waals surface area contributed by atoms with Crippen LogP contribution in [-0.4, -0.2) is 29.7 Å². The summed E-state index contributed by atoms with van der Waals surface area (Å²) in [6, 6.07) is 1.64. The Kier molecular flexibility index (Phi) is 4.38. The standard InChI is InChI=1S/C9H9FN2O6/c1-17-8-3-6(11-18-4-9(13)14)7(12(15)16)2-5(8)10/h2-3,11H,4H2,1H3,(H,13,14). The SMILES string of the molecule is COc1cc(NOCC(=O)O)c([N+](=O)[O-])cc1F. The van der Waals surface area contributed by atoms with E-state index < -0.39 is 29.0 Å². The van der Waals surface area contributed by atoms with Gasteiger partial charge in [0.1, 0.15) is 5.69 Å². The fourth-order valence-electron chi connectivity index (χ4n) is 1.11. The van der Waals surface area contributed by atoms with E-state index in [9.17, 15) is 19.3 Å². The zero-order chi connectivity index (χ0) is 13.7. The Morgan fingerprint density at radius 3 is 2.78 bits per heavy atom. The van der Waals surface area contributed by atoms with E-state index in [2.05, 4.69) is 15.1 Å². The Morgan fingerprint density at radius 1 is 1.61 bits per heavy atom. The van der Waals surface area contributed by atoms with Crippen molar-refractivity contribution in [2.24, 2.45) is 0 Å². The van der Waals surface area contributed by atoms with Gasteiger partial charge in [-0.1, -0.05) is 0 Å². The first-order chi connectivity index (χ1) is 8.45. The number of nitrogens with one attached hydrogen (secondary N) is 1. The first-order valence-corrected chi connectivity index (χ1v) is 4.57. The number of rotatable bonds is 6. The minimum absolute atomic E-state index is 0.209. The highest BCUT2D eigenvalue weighted by Gasteiger charge is 2.19. The molecule has 0 heterocycles. The number of nitro benzene ring substituents is 1. The van der Waals surface area contributed by atoms with Crippen molar-refractivity contribution < 1.29 is 28.8 Å². The average Bonchev–Trinajstić information content (AvgIpc) is 2.29. The molecule has 0 atom stereocenters. The molecular weight excluding hydrogens is 251 g/mol. The van der Waals surface area contributed by atoms with Crippen molar-refractivity contribution in [2.45, 2.75) is 0 Å². The summed E-state index contributed by atoms with van der Waals surface area (Å²) in [4.78, 5) is 24.5. The first-order valence-electron chi connectivity index (χ1n) is 4.57. The molecule has 0 saturated heterocycles. The summed E-state index contributed by atoms with van der Waals surface area (Å²) in [5.41, 5.74) is 1.25. The minimum atomic E-state index is -1.26. The summed E-state index contributed by atoms with van der Waals surface area (Å²) in [7, 11) is 1.19. The zero-order valence-electron chi connectivity index (χ0n) is 9.18. The van der Waals surface area contributed by atoms with Crippen LogP contribution in [0.25, 0.3) is 0 Å². The molecule has 0 aliphatic heterocycles. The molecule has 0 aliphatic rings. The summed E-state index contributed by atoms with van der Waals surface area (Å²) in [6.07, 6.45) is 0. The normalized spacial score (nSPS) is 9.89. The Morgan fingerprint density at radius 2 is 2.28 bits per heavy atom. The van der Waals surface area contributed by atoms with Gasteiger partial charge in [0.25, 0.3) is 5.69 Å². The van der Waals surface area contributed by atoms with Crippen molar-refractivity contribution in [3.63, 3.8) is 0 Å². The lowest BCUT2D eigenvalue weighted by Gasteiger charge is -2.08. The molecule has 8 nitrogen and oxygen atoms in total. The van der Waals surface area contributed by atoms with Crippen LogP contribution in [0.1, 0.15) is 0 Å². The van der Waals surface area contributed by atoms with E-state index in [1.54, 1.807) is 0 Å². The van der Waals surface area contributed by atoms with Crippen LogP contribution >= 0.6 is 0 Å². The maximum Gasteiger partial charge on any atom is 0.332 e. The molecule has 0 fully saturated rings. The number of nitro groups is 1. The molecule has 0 amide bonds. The highest BCUT2D eigenvalue weighted by atomic mass is 19.1. The number of carboxylic acid groups (broad SMARTS) is 1. The monoisotopic (exact) mass is 260 g/mol. The van der Waals surface area contributed by atoms with Crippen molar-refractivity contribution >= 4 is 17.3 Å². The van der Waals surface area contributed by atoms with Gasteiger partial charge in [0, 0.05) is 6.07 Å². The molecule has 9 heteroatoms. The summed E-state index contributed by atoms with van der Waals surface area (Å²) in [5, 5.41) is 19.0. The van der Waals surface area contributed by atoms with Gasteiger partial charge in [-0.05, 0) is 0 Å². The molecule has 1 rings (SSSR count). The van der Waals surface area contributed by atoms with Crippen LogP contribution in [-0.2, 0) is 9.63 Å². The van der Waals surface area contributed by atoms with Gasteiger partial charge in [-0.25, -0.2) is 9.18 Å². The lowest BCUT2D eigenvalue weighted by Crippen LogP contribution is -2.12. The van der Waals surface area contributed by atoms with Crippen LogP contribution in [0.3, 0.4) is 0 Å². The van der Waals surface area contributed by atoms with Gasteiger partial charge in [0.05, 0.1) is 18.1 Å². The summed E-state index contributed by atoms with van der Waals surface area (Å²) in [5.74, 6) is -2.41. The maximum atomic E-state index is 13.2. The molecule has 0 aromatic heterocycles. The van der Waals surface area contributed by atoms with Gasteiger partial charge in [-0.3, -0.25) is 20.4 Å². The van der Waals surface area contributed by atoms with Crippen molar-refractivity contribution in [2.75, 3.05) is 19.2 Å². The maximum absolute atomic E-state index is 13.2. The van der Waals surface area contributed by atoms with Gasteiger partial charge in [0.15, 0.2) is 18.2 Å². The number of hydrogen-bond acceptors (Lipinski definition) is 6. The lowest BCUT2D eigenvalue weighted by atomic mass is 10.2. The molecule has 0 spiro atoms. The highest BCUT2D eigenvalue weighted by Crippen LogP contribution is 2.31. The van der Waals surface area contributed by atoms with Crippen molar-refractivity contribution in [1.29, 1.82) is 0 Å². The molecule has 2 N–H and O–H groups in total. The first kappa shape index (κ1) is 13.6. The molecule has 0 saturated carbocycles. The van der Waals surface area contributed by atoms with Gasteiger partial charge in [0.2, 0.25) is 0 Å². The lowest BCUT2D eigenvalue weighted by molar-refractivity contribution is -0.384. The summed E-state index contributed by atoms with van der Waals surface area (Å²) in [6.45, 7) is -0.711. The molecule has 18 heavy (non-hydrogen) atoms. The Hall–Kier alpha value is -2.42.